The normalized spacial score (nSPS) is 15.2. The summed E-state index contributed by atoms with van der Waals surface area (Å²) >= 11 is 0. The number of amides is 1. The fraction of sp³-hybridized carbons (Fsp3) is 0.500. The van der Waals surface area contributed by atoms with Gasteiger partial charge in [-0.3, -0.25) is 4.79 Å². The fourth-order valence-corrected chi connectivity index (χ4v) is 2.36. The molecule has 0 saturated carbocycles. The summed E-state index contributed by atoms with van der Waals surface area (Å²) in [7, 11) is 0. The predicted octanol–water partition coefficient (Wildman–Crippen LogP) is 1.28. The largest absolute Gasteiger partial charge is 0.366 e. The Balaban J connectivity index is 2.24. The van der Waals surface area contributed by atoms with Crippen LogP contribution in [0.5, 0.6) is 0 Å². The number of carbonyl (C=O) groups excluding carboxylic acids is 1. The monoisotopic (exact) mass is 247 g/mol. The number of benzene rings is 1. The zero-order valence-corrected chi connectivity index (χ0v) is 11.1. The number of hydrogen-bond donors (Lipinski definition) is 2. The molecule has 3 N–H and O–H groups in total. The van der Waals surface area contributed by atoms with Crippen LogP contribution in [0.1, 0.15) is 29.3 Å². The lowest BCUT2D eigenvalue weighted by Crippen LogP contribution is -2.57. The van der Waals surface area contributed by atoms with E-state index in [1.165, 1.54) is 5.69 Å². The molecule has 18 heavy (non-hydrogen) atoms. The Bertz CT molecular complexity index is 441. The van der Waals surface area contributed by atoms with E-state index in [-0.39, 0.29) is 5.91 Å². The second-order valence-corrected chi connectivity index (χ2v) is 4.87. The van der Waals surface area contributed by atoms with Gasteiger partial charge in [0, 0.05) is 30.9 Å². The average molecular weight is 247 g/mol. The van der Waals surface area contributed by atoms with E-state index < -0.39 is 0 Å². The van der Waals surface area contributed by atoms with Crippen LogP contribution in [0.4, 0.5) is 5.69 Å². The van der Waals surface area contributed by atoms with Gasteiger partial charge in [-0.1, -0.05) is 6.92 Å². The molecule has 1 aliphatic heterocycles. The number of nitrogens with one attached hydrogen (secondary N) is 1. The van der Waals surface area contributed by atoms with E-state index in [1.807, 2.05) is 19.1 Å². The topological polar surface area (TPSA) is 58.4 Å². The summed E-state index contributed by atoms with van der Waals surface area (Å²) in [4.78, 5) is 13.6. The van der Waals surface area contributed by atoms with Crippen molar-refractivity contribution in [2.45, 2.75) is 26.3 Å². The first-order valence-corrected chi connectivity index (χ1v) is 6.51. The van der Waals surface area contributed by atoms with Crippen LogP contribution >= 0.6 is 0 Å². The molecule has 2 rings (SSSR count). The highest BCUT2D eigenvalue weighted by atomic mass is 16.1. The minimum absolute atomic E-state index is 0.355. The van der Waals surface area contributed by atoms with Gasteiger partial charge in [-0.25, -0.2) is 0 Å². The summed E-state index contributed by atoms with van der Waals surface area (Å²) in [5.74, 6) is -0.355. The van der Waals surface area contributed by atoms with Crippen molar-refractivity contribution in [2.24, 2.45) is 5.73 Å². The van der Waals surface area contributed by atoms with Crippen molar-refractivity contribution in [1.82, 2.24) is 5.32 Å². The maximum Gasteiger partial charge on any atom is 0.248 e. The van der Waals surface area contributed by atoms with Crippen LogP contribution in [-0.4, -0.2) is 31.6 Å². The van der Waals surface area contributed by atoms with Gasteiger partial charge in [0.1, 0.15) is 0 Å². The molecule has 1 aliphatic rings. The van der Waals surface area contributed by atoms with E-state index in [4.69, 9.17) is 5.73 Å². The van der Waals surface area contributed by atoms with Gasteiger partial charge >= 0.3 is 0 Å². The van der Waals surface area contributed by atoms with Crippen molar-refractivity contribution >= 4 is 11.6 Å². The summed E-state index contributed by atoms with van der Waals surface area (Å²) in [6.07, 6.45) is 1.12. The number of primary amides is 1. The molecule has 1 heterocycles. The Morgan fingerprint density at radius 3 is 2.67 bits per heavy atom. The quantitative estimate of drug-likeness (QED) is 0.824. The minimum Gasteiger partial charge on any atom is -0.366 e. The van der Waals surface area contributed by atoms with Gasteiger partial charge in [-0.05, 0) is 37.1 Å². The molecule has 0 bridgehead atoms. The van der Waals surface area contributed by atoms with Crippen LogP contribution in [0.3, 0.4) is 0 Å². The van der Waals surface area contributed by atoms with Gasteiger partial charge in [0.05, 0.1) is 6.04 Å². The fourth-order valence-electron chi connectivity index (χ4n) is 2.36. The maximum atomic E-state index is 11.2. The zero-order valence-electron chi connectivity index (χ0n) is 11.1. The number of nitrogens with two attached hydrogens (primary N) is 1. The van der Waals surface area contributed by atoms with Crippen molar-refractivity contribution in [3.05, 3.63) is 29.3 Å². The molecule has 4 heteroatoms. The molecule has 0 aliphatic carbocycles. The Morgan fingerprint density at radius 2 is 2.22 bits per heavy atom. The van der Waals surface area contributed by atoms with E-state index in [0.29, 0.717) is 11.6 Å². The molecule has 4 nitrogen and oxygen atoms in total. The second-order valence-electron chi connectivity index (χ2n) is 4.87. The molecule has 0 atom stereocenters. The molecule has 1 aromatic rings. The summed E-state index contributed by atoms with van der Waals surface area (Å²) in [5.41, 5.74) is 8.09. The average Bonchev–Trinajstić information content (AvgIpc) is 2.25. The maximum absolute atomic E-state index is 11.2. The lowest BCUT2D eigenvalue weighted by Gasteiger charge is -2.40. The number of carbonyl (C=O) groups is 1. The first-order valence-electron chi connectivity index (χ1n) is 6.51. The highest BCUT2D eigenvalue weighted by molar-refractivity contribution is 5.94. The van der Waals surface area contributed by atoms with E-state index in [2.05, 4.69) is 23.2 Å². The SMILES string of the molecule is CCCN(c1ccc(C(N)=O)c(C)c1)C1CNC1. The smallest absolute Gasteiger partial charge is 0.248 e. The van der Waals surface area contributed by atoms with Crippen molar-refractivity contribution in [1.29, 1.82) is 0 Å². The van der Waals surface area contributed by atoms with E-state index >= 15 is 0 Å². The number of hydrogen-bond acceptors (Lipinski definition) is 3. The molecular weight excluding hydrogens is 226 g/mol. The molecule has 1 fully saturated rings. The number of rotatable bonds is 5. The van der Waals surface area contributed by atoms with Crippen molar-refractivity contribution in [3.63, 3.8) is 0 Å². The first kappa shape index (κ1) is 12.9. The number of anilines is 1. The van der Waals surface area contributed by atoms with Crippen molar-refractivity contribution in [3.8, 4) is 0 Å². The van der Waals surface area contributed by atoms with Gasteiger partial charge in [0.25, 0.3) is 0 Å². The molecule has 0 radical (unpaired) electrons. The summed E-state index contributed by atoms with van der Waals surface area (Å²) in [6, 6.07) is 6.47. The van der Waals surface area contributed by atoms with Crippen LogP contribution in [0.15, 0.2) is 18.2 Å². The van der Waals surface area contributed by atoms with Gasteiger partial charge in [-0.15, -0.1) is 0 Å². The van der Waals surface area contributed by atoms with Crippen LogP contribution in [-0.2, 0) is 0 Å². The minimum atomic E-state index is -0.355. The third-order valence-electron chi connectivity index (χ3n) is 3.47. The highest BCUT2D eigenvalue weighted by Crippen LogP contribution is 2.22. The van der Waals surface area contributed by atoms with Crippen molar-refractivity contribution in [2.75, 3.05) is 24.5 Å². The first-order chi connectivity index (χ1) is 8.63. The van der Waals surface area contributed by atoms with Gasteiger partial charge < -0.3 is 16.0 Å². The van der Waals surface area contributed by atoms with Crippen LogP contribution in [0, 0.1) is 6.92 Å². The standard InChI is InChI=1S/C14H21N3O/c1-3-6-17(12-8-16-9-12)11-4-5-13(14(15)18)10(2)7-11/h4-5,7,12,16H,3,6,8-9H2,1-2H3,(H2,15,18). The lowest BCUT2D eigenvalue weighted by molar-refractivity contribution is 0.1000. The van der Waals surface area contributed by atoms with Gasteiger partial charge in [0.2, 0.25) is 5.91 Å². The summed E-state index contributed by atoms with van der Waals surface area (Å²) < 4.78 is 0. The van der Waals surface area contributed by atoms with E-state index in [1.54, 1.807) is 0 Å². The van der Waals surface area contributed by atoms with Crippen molar-refractivity contribution < 1.29 is 4.79 Å². The predicted molar refractivity (Wildman–Crippen MR) is 74.0 cm³/mol. The molecule has 1 aromatic carbocycles. The Hall–Kier alpha value is -1.55. The zero-order chi connectivity index (χ0) is 13.1. The molecule has 0 aromatic heterocycles. The molecule has 98 valence electrons. The molecular formula is C14H21N3O. The third kappa shape index (κ3) is 2.48. The molecule has 1 saturated heterocycles. The van der Waals surface area contributed by atoms with E-state index in [9.17, 15) is 4.79 Å². The van der Waals surface area contributed by atoms with Crippen LogP contribution in [0.25, 0.3) is 0 Å². The summed E-state index contributed by atoms with van der Waals surface area (Å²) in [6.45, 7) is 7.24. The van der Waals surface area contributed by atoms with Gasteiger partial charge in [0.15, 0.2) is 0 Å². The lowest BCUT2D eigenvalue weighted by atomic mass is 10.0. The molecule has 0 unspecified atom stereocenters. The Kier molecular flexibility index (Phi) is 3.87. The molecule has 0 spiro atoms. The summed E-state index contributed by atoms with van der Waals surface area (Å²) in [5, 5.41) is 3.30. The number of aryl methyl sites for hydroxylation is 1. The van der Waals surface area contributed by atoms with E-state index in [0.717, 1.165) is 31.6 Å². The van der Waals surface area contributed by atoms with Gasteiger partial charge in [-0.2, -0.15) is 0 Å². The molecule has 1 amide bonds. The highest BCUT2D eigenvalue weighted by Gasteiger charge is 2.24. The Morgan fingerprint density at radius 1 is 1.50 bits per heavy atom. The Labute approximate surface area is 108 Å². The third-order valence-corrected chi connectivity index (χ3v) is 3.47. The van der Waals surface area contributed by atoms with Crippen LogP contribution < -0.4 is 16.0 Å². The number of nitrogens with zero attached hydrogens (tertiary/aromatic N) is 1. The second kappa shape index (κ2) is 5.40. The van der Waals surface area contributed by atoms with Crippen LogP contribution in [0.2, 0.25) is 0 Å².